The Labute approximate surface area is 113 Å². The number of fused-ring (bicyclic) bond motifs is 1. The Bertz CT molecular complexity index is 551. The van der Waals surface area contributed by atoms with Gasteiger partial charge in [0.05, 0.1) is 10.7 Å². The molecule has 0 spiro atoms. The summed E-state index contributed by atoms with van der Waals surface area (Å²) >= 11 is 5.85. The lowest BCUT2D eigenvalue weighted by Crippen LogP contribution is -2.17. The number of imidazole rings is 1. The van der Waals surface area contributed by atoms with Gasteiger partial charge in [0.25, 0.3) is 0 Å². The molecule has 2 aromatic heterocycles. The lowest BCUT2D eigenvalue weighted by Gasteiger charge is -2.06. The Kier molecular flexibility index (Phi) is 4.31. The molecule has 0 fully saturated rings. The minimum absolute atomic E-state index is 0.0721. The Morgan fingerprint density at radius 3 is 2.79 bits per heavy atom. The first-order valence-corrected chi connectivity index (χ1v) is 6.22. The highest BCUT2D eigenvalue weighted by atomic mass is 35.5. The number of rotatable bonds is 5. The van der Waals surface area contributed by atoms with E-state index >= 15 is 0 Å². The number of alkyl halides is 3. The molecule has 0 radical (unpaired) electrons. The van der Waals surface area contributed by atoms with Gasteiger partial charge in [-0.1, -0.05) is 11.6 Å². The highest BCUT2D eigenvalue weighted by Crippen LogP contribution is 2.20. The van der Waals surface area contributed by atoms with Gasteiger partial charge >= 0.3 is 6.18 Å². The van der Waals surface area contributed by atoms with Gasteiger partial charge in [-0.15, -0.1) is 0 Å². The quantitative estimate of drug-likeness (QED) is 0.855. The standard InChI is InChI=1S/C12H13ClF3N3/c13-9-2-3-11-18-10(8-19(11)7-9)6-17-5-1-4-12(14,15)16/h2-3,7-8,17H,1,4-6H2. The van der Waals surface area contributed by atoms with E-state index in [0.717, 1.165) is 11.3 Å². The van der Waals surface area contributed by atoms with Gasteiger partial charge in [-0.2, -0.15) is 13.2 Å². The summed E-state index contributed by atoms with van der Waals surface area (Å²) in [5.74, 6) is 0. The predicted octanol–water partition coefficient (Wildman–Crippen LogP) is 3.42. The molecule has 7 heteroatoms. The van der Waals surface area contributed by atoms with Crippen LogP contribution >= 0.6 is 11.6 Å². The van der Waals surface area contributed by atoms with Crippen LogP contribution in [-0.4, -0.2) is 22.1 Å². The average molecular weight is 292 g/mol. The fraction of sp³-hybridized carbons (Fsp3) is 0.417. The van der Waals surface area contributed by atoms with Crippen molar-refractivity contribution in [3.05, 3.63) is 35.2 Å². The van der Waals surface area contributed by atoms with E-state index < -0.39 is 12.6 Å². The molecule has 0 aliphatic carbocycles. The van der Waals surface area contributed by atoms with Crippen molar-refractivity contribution < 1.29 is 13.2 Å². The average Bonchev–Trinajstić information content (AvgIpc) is 2.68. The second-order valence-electron chi connectivity index (χ2n) is 4.24. The Morgan fingerprint density at radius 1 is 1.26 bits per heavy atom. The summed E-state index contributed by atoms with van der Waals surface area (Å²) in [5, 5.41) is 3.55. The molecule has 2 heterocycles. The van der Waals surface area contributed by atoms with Crippen LogP contribution in [0.3, 0.4) is 0 Å². The van der Waals surface area contributed by atoms with Crippen LogP contribution in [0.15, 0.2) is 24.5 Å². The van der Waals surface area contributed by atoms with Gasteiger partial charge in [0.15, 0.2) is 0 Å². The third kappa shape index (κ3) is 4.40. The fourth-order valence-corrected chi connectivity index (χ4v) is 1.90. The molecule has 0 amide bonds. The maximum Gasteiger partial charge on any atom is 0.389 e. The lowest BCUT2D eigenvalue weighted by molar-refractivity contribution is -0.135. The zero-order valence-electron chi connectivity index (χ0n) is 10.0. The number of halogens is 4. The summed E-state index contributed by atoms with van der Waals surface area (Å²) in [7, 11) is 0. The van der Waals surface area contributed by atoms with E-state index in [1.54, 1.807) is 28.9 Å². The van der Waals surface area contributed by atoms with Crippen LogP contribution in [0.2, 0.25) is 5.02 Å². The van der Waals surface area contributed by atoms with Gasteiger partial charge in [-0.3, -0.25) is 0 Å². The molecule has 0 saturated heterocycles. The van der Waals surface area contributed by atoms with Crippen LogP contribution in [-0.2, 0) is 6.54 Å². The predicted molar refractivity (Wildman–Crippen MR) is 67.2 cm³/mol. The van der Waals surface area contributed by atoms with Crippen molar-refractivity contribution >= 4 is 17.2 Å². The van der Waals surface area contributed by atoms with E-state index in [2.05, 4.69) is 10.3 Å². The summed E-state index contributed by atoms with van der Waals surface area (Å²) in [5.41, 5.74) is 1.53. The Morgan fingerprint density at radius 2 is 2.05 bits per heavy atom. The molecule has 0 aliphatic heterocycles. The van der Waals surface area contributed by atoms with Crippen molar-refractivity contribution in [1.82, 2.24) is 14.7 Å². The van der Waals surface area contributed by atoms with Crippen LogP contribution in [0.4, 0.5) is 13.2 Å². The van der Waals surface area contributed by atoms with Crippen LogP contribution in [0.1, 0.15) is 18.5 Å². The maximum absolute atomic E-state index is 11.9. The molecule has 0 aromatic carbocycles. The molecule has 0 bridgehead atoms. The van der Waals surface area contributed by atoms with E-state index in [1.807, 2.05) is 0 Å². The molecule has 2 aromatic rings. The van der Waals surface area contributed by atoms with Crippen molar-refractivity contribution in [1.29, 1.82) is 0 Å². The number of pyridine rings is 1. The number of hydrogen-bond acceptors (Lipinski definition) is 2. The molecular formula is C12H13ClF3N3. The van der Waals surface area contributed by atoms with E-state index in [0.29, 0.717) is 18.1 Å². The van der Waals surface area contributed by atoms with Crippen molar-refractivity contribution in [3.8, 4) is 0 Å². The van der Waals surface area contributed by atoms with Gasteiger partial charge < -0.3 is 9.72 Å². The summed E-state index contributed by atoms with van der Waals surface area (Å²) in [6.07, 6.45) is -1.24. The van der Waals surface area contributed by atoms with E-state index in [4.69, 9.17) is 11.6 Å². The van der Waals surface area contributed by atoms with Crippen LogP contribution in [0.5, 0.6) is 0 Å². The van der Waals surface area contributed by atoms with Gasteiger partial charge in [0.2, 0.25) is 0 Å². The van der Waals surface area contributed by atoms with Crippen molar-refractivity contribution in [2.24, 2.45) is 0 Å². The smallest absolute Gasteiger partial charge is 0.311 e. The summed E-state index contributed by atoms with van der Waals surface area (Å²) < 4.78 is 37.6. The van der Waals surface area contributed by atoms with E-state index in [-0.39, 0.29) is 6.42 Å². The monoisotopic (exact) mass is 291 g/mol. The highest BCUT2D eigenvalue weighted by molar-refractivity contribution is 6.30. The minimum Gasteiger partial charge on any atom is -0.311 e. The van der Waals surface area contributed by atoms with Gasteiger partial charge in [-0.25, -0.2) is 4.98 Å². The van der Waals surface area contributed by atoms with Gasteiger partial charge in [-0.05, 0) is 25.1 Å². The number of hydrogen-bond donors (Lipinski definition) is 1. The molecule has 104 valence electrons. The second kappa shape index (κ2) is 5.79. The molecule has 19 heavy (non-hydrogen) atoms. The first-order valence-electron chi connectivity index (χ1n) is 5.85. The fourth-order valence-electron chi connectivity index (χ4n) is 1.73. The molecule has 0 atom stereocenters. The third-order valence-electron chi connectivity index (χ3n) is 2.58. The first-order chi connectivity index (χ1) is 8.94. The Balaban J connectivity index is 1.82. The maximum atomic E-state index is 11.9. The second-order valence-corrected chi connectivity index (χ2v) is 4.68. The molecular weight excluding hydrogens is 279 g/mol. The van der Waals surface area contributed by atoms with Crippen molar-refractivity contribution in [3.63, 3.8) is 0 Å². The Hall–Kier alpha value is -1.27. The third-order valence-corrected chi connectivity index (χ3v) is 2.81. The molecule has 0 saturated carbocycles. The van der Waals surface area contributed by atoms with Crippen molar-refractivity contribution in [2.75, 3.05) is 6.54 Å². The lowest BCUT2D eigenvalue weighted by atomic mass is 10.3. The van der Waals surface area contributed by atoms with Gasteiger partial charge in [0.1, 0.15) is 5.65 Å². The SMILES string of the molecule is FC(F)(F)CCCNCc1cn2cc(Cl)ccc2n1. The molecule has 2 rings (SSSR count). The van der Waals surface area contributed by atoms with Crippen LogP contribution < -0.4 is 5.32 Å². The van der Waals surface area contributed by atoms with Crippen molar-refractivity contribution in [2.45, 2.75) is 25.6 Å². The summed E-state index contributed by atoms with van der Waals surface area (Å²) in [4.78, 5) is 4.32. The first kappa shape index (κ1) is 14.1. The van der Waals surface area contributed by atoms with Crippen LogP contribution in [0, 0.1) is 0 Å². The number of aromatic nitrogens is 2. The number of nitrogens with one attached hydrogen (secondary N) is 1. The number of nitrogens with zero attached hydrogens (tertiary/aromatic N) is 2. The molecule has 3 nitrogen and oxygen atoms in total. The zero-order chi connectivity index (χ0) is 13.9. The largest absolute Gasteiger partial charge is 0.389 e. The van der Waals surface area contributed by atoms with E-state index in [9.17, 15) is 13.2 Å². The normalized spacial score (nSPS) is 12.2. The highest BCUT2D eigenvalue weighted by Gasteiger charge is 2.25. The summed E-state index contributed by atoms with van der Waals surface area (Å²) in [6, 6.07) is 3.53. The molecule has 0 unspecified atom stereocenters. The summed E-state index contributed by atoms with van der Waals surface area (Å²) in [6.45, 7) is 0.755. The minimum atomic E-state index is -4.08. The molecule has 0 aliphatic rings. The molecule has 1 N–H and O–H groups in total. The van der Waals surface area contributed by atoms with Crippen LogP contribution in [0.25, 0.3) is 5.65 Å². The van der Waals surface area contributed by atoms with E-state index in [1.165, 1.54) is 0 Å². The van der Waals surface area contributed by atoms with Gasteiger partial charge in [0, 0.05) is 25.4 Å². The topological polar surface area (TPSA) is 29.3 Å². The zero-order valence-corrected chi connectivity index (χ0v) is 10.8.